The standard InChI is InChI=1S/C16H22N4O.C14H17ClN4O.C14H18N4O2.C13H17ClN4O2S.C13H18N4O3S/c1-11(2)13-8-15-14(10-17-18-15)16(9-13)20-6-4-19(5-7-20)12(3)21;1-10(20)18-3-2-4-19(6-5-18)14-8-11(15)7-13-12(14)9-16-17-13;1-10(19)17-3-5-18(6-4-17)14-8-11(20-2)7-13-12(14)9-15-16-13;1-21(19,20)18-4-2-3-17(5-6-18)13-8-10(14)7-12-11(13)9-15-16-12;1-20-10-7-12-11(9-14-15-12)13(8-10)16-3-5-17(6-4-16)21(2,18)19/h8-11H,4-7H2,1-3H3,(H,17,18);7-9H,2-6H2,1H3,(H,16,17);7-9H,3-6H2,1-2H3,(H,15,16);7-9H,2-6H2,1H3,(H,15,16);7-9H,3-6H2,1-2H3,(H,14,15). The lowest BCUT2D eigenvalue weighted by Crippen LogP contribution is -2.48. The molecule has 5 fully saturated rings. The van der Waals surface area contributed by atoms with E-state index >= 15 is 0 Å². The lowest BCUT2D eigenvalue weighted by Gasteiger charge is -2.36. The normalized spacial score (nSPS) is 16.7. The molecule has 29 nitrogen and oxygen atoms in total. The average molecular weight is 1490 g/mol. The first-order chi connectivity index (χ1) is 49.3. The van der Waals surface area contributed by atoms with Gasteiger partial charge in [-0.2, -0.15) is 29.8 Å². The van der Waals surface area contributed by atoms with Crippen molar-refractivity contribution in [3.63, 3.8) is 0 Å². The van der Waals surface area contributed by atoms with Gasteiger partial charge < -0.3 is 48.7 Å². The Morgan fingerprint density at radius 1 is 0.379 bits per heavy atom. The van der Waals surface area contributed by atoms with Gasteiger partial charge in [-0.25, -0.2) is 21.1 Å². The van der Waals surface area contributed by atoms with Crippen molar-refractivity contribution in [3.8, 4) is 11.5 Å². The minimum Gasteiger partial charge on any atom is -0.497 e. The summed E-state index contributed by atoms with van der Waals surface area (Å²) in [6.45, 7) is 23.9. The summed E-state index contributed by atoms with van der Waals surface area (Å²) in [6, 6.07) is 19.9. The van der Waals surface area contributed by atoms with E-state index in [1.54, 1.807) is 47.4 Å². The number of carbonyl (C=O) groups is 3. The maximum atomic E-state index is 11.7. The van der Waals surface area contributed by atoms with Gasteiger partial charge in [0, 0.05) is 230 Å². The van der Waals surface area contributed by atoms with E-state index in [0.717, 1.165) is 187 Å². The third-order valence-corrected chi connectivity index (χ3v) is 22.5. The zero-order valence-corrected chi connectivity index (χ0v) is 62.9. The Hall–Kier alpha value is -9.14. The van der Waals surface area contributed by atoms with Crippen LogP contribution in [0.1, 0.15) is 58.9 Å². The number of halogens is 2. The van der Waals surface area contributed by atoms with Crippen LogP contribution in [0.3, 0.4) is 0 Å². The molecule has 0 bridgehead atoms. The second kappa shape index (κ2) is 33.1. The van der Waals surface area contributed by atoms with Gasteiger partial charge in [0.1, 0.15) is 11.5 Å². The van der Waals surface area contributed by atoms with Gasteiger partial charge in [0.2, 0.25) is 37.8 Å². The fourth-order valence-electron chi connectivity index (χ4n) is 13.7. The maximum absolute atomic E-state index is 11.7. The van der Waals surface area contributed by atoms with Crippen molar-refractivity contribution in [2.75, 3.05) is 182 Å². The number of carbonyl (C=O) groups excluding carboxylic acids is 3. The van der Waals surface area contributed by atoms with Crippen LogP contribution in [0, 0.1) is 0 Å². The Labute approximate surface area is 609 Å². The van der Waals surface area contributed by atoms with Crippen molar-refractivity contribution in [2.24, 2.45) is 0 Å². The number of nitrogens with zero attached hydrogens (tertiary/aromatic N) is 15. The molecule has 5 aliphatic rings. The molecule has 33 heteroatoms. The number of ether oxygens (including phenoxy) is 2. The van der Waals surface area contributed by atoms with Crippen molar-refractivity contribution in [3.05, 3.63) is 107 Å². The quantitative estimate of drug-likeness (QED) is 0.0861. The van der Waals surface area contributed by atoms with Crippen LogP contribution in [0.4, 0.5) is 28.4 Å². The second-order valence-electron chi connectivity index (χ2n) is 26.5. The highest BCUT2D eigenvalue weighted by Crippen LogP contribution is 2.36. The Kier molecular flexibility index (Phi) is 24.1. The van der Waals surface area contributed by atoms with E-state index in [1.807, 2.05) is 81.8 Å². The predicted octanol–water partition coefficient (Wildman–Crippen LogP) is 8.21. The molecule has 5 aliphatic heterocycles. The van der Waals surface area contributed by atoms with Crippen LogP contribution in [-0.4, -0.2) is 266 Å². The zero-order chi connectivity index (χ0) is 73.3. The number of hydrogen-bond acceptors (Lipinski definition) is 19. The van der Waals surface area contributed by atoms with Crippen LogP contribution in [0.5, 0.6) is 11.5 Å². The molecule has 0 atom stereocenters. The topological polar surface area (TPSA) is 314 Å². The first-order valence-electron chi connectivity index (χ1n) is 34.5. The van der Waals surface area contributed by atoms with Crippen LogP contribution in [0.15, 0.2) is 91.6 Å². The molecule has 0 aliphatic carbocycles. The van der Waals surface area contributed by atoms with Crippen molar-refractivity contribution in [2.45, 2.75) is 53.4 Å². The number of nitrogens with one attached hydrogen (secondary N) is 5. The SMILES string of the molecule is CC(=O)N1CCCN(c2cc(Cl)cc3[nH]ncc23)CC1.CC(=O)N1CCN(c2cc(C(C)C)cc3[nH]ncc23)CC1.COc1cc(N2CCN(C(C)=O)CC2)c2cn[nH]c2c1.COc1cc(N2CCN(S(C)(=O)=O)CC2)c2cn[nH]c2c1.CS(=O)(=O)N1CCCN(c2cc(Cl)cc3[nH]ncc23)CC1. The molecule has 10 aromatic rings. The van der Waals surface area contributed by atoms with Crippen LogP contribution in [-0.2, 0) is 34.4 Å². The Balaban J connectivity index is 0.000000129. The van der Waals surface area contributed by atoms with E-state index in [1.165, 1.54) is 32.4 Å². The molecule has 103 heavy (non-hydrogen) atoms. The molecule has 0 spiro atoms. The summed E-state index contributed by atoms with van der Waals surface area (Å²) in [5.41, 5.74) is 11.6. The van der Waals surface area contributed by atoms with Crippen LogP contribution < -0.4 is 34.0 Å². The molecular weight excluding hydrogens is 1400 g/mol. The lowest BCUT2D eigenvalue weighted by molar-refractivity contribution is -0.129. The number of sulfonamides is 2. The third kappa shape index (κ3) is 18.3. The fourth-order valence-corrected chi connectivity index (χ4v) is 15.8. The number of rotatable bonds is 10. The number of benzene rings is 5. The average Bonchev–Trinajstić information content (AvgIpc) is 1.78. The third-order valence-electron chi connectivity index (χ3n) is 19.4. The highest BCUT2D eigenvalue weighted by atomic mass is 35.5. The second-order valence-corrected chi connectivity index (χ2v) is 31.3. The lowest BCUT2D eigenvalue weighted by atomic mass is 10.00. The van der Waals surface area contributed by atoms with Crippen LogP contribution in [0.25, 0.3) is 54.5 Å². The van der Waals surface area contributed by atoms with Gasteiger partial charge in [0.25, 0.3) is 0 Å². The highest BCUT2D eigenvalue weighted by molar-refractivity contribution is 7.88. The molecular formula is C70H92Cl2N20O9S2. The van der Waals surface area contributed by atoms with Gasteiger partial charge in [-0.1, -0.05) is 37.0 Å². The molecule has 0 unspecified atom stereocenters. The van der Waals surface area contributed by atoms with Gasteiger partial charge in [0.15, 0.2) is 0 Å². The van der Waals surface area contributed by atoms with Gasteiger partial charge in [0.05, 0.1) is 96.7 Å². The van der Waals surface area contributed by atoms with E-state index in [4.69, 9.17) is 32.7 Å². The summed E-state index contributed by atoms with van der Waals surface area (Å²) < 4.78 is 60.2. The molecule has 3 amide bonds. The number of H-pyrrole nitrogens is 5. The van der Waals surface area contributed by atoms with E-state index < -0.39 is 20.0 Å². The van der Waals surface area contributed by atoms with Crippen LogP contribution >= 0.6 is 23.2 Å². The Morgan fingerprint density at radius 2 is 0.660 bits per heavy atom. The monoisotopic (exact) mass is 1490 g/mol. The smallest absolute Gasteiger partial charge is 0.219 e. The summed E-state index contributed by atoms with van der Waals surface area (Å²) in [5, 5.41) is 42.1. The zero-order valence-electron chi connectivity index (χ0n) is 59.7. The molecule has 5 aromatic heterocycles. The van der Waals surface area contributed by atoms with Crippen molar-refractivity contribution >= 4 is 144 Å². The number of amides is 3. The molecule has 15 rings (SSSR count). The minimum absolute atomic E-state index is 0.142. The first-order valence-corrected chi connectivity index (χ1v) is 38.9. The summed E-state index contributed by atoms with van der Waals surface area (Å²) in [6.07, 6.45) is 13.4. The predicted molar refractivity (Wildman–Crippen MR) is 408 cm³/mol. The summed E-state index contributed by atoms with van der Waals surface area (Å²) >= 11 is 12.3. The van der Waals surface area contributed by atoms with Crippen molar-refractivity contribution in [1.29, 1.82) is 0 Å². The number of aromatic amines is 5. The van der Waals surface area contributed by atoms with Gasteiger partial charge in [-0.05, 0) is 60.7 Å². The summed E-state index contributed by atoms with van der Waals surface area (Å²) in [4.78, 5) is 51.3. The van der Waals surface area contributed by atoms with Crippen LogP contribution in [0.2, 0.25) is 10.0 Å². The minimum atomic E-state index is -3.13. The van der Waals surface area contributed by atoms with E-state index in [9.17, 15) is 31.2 Å². The number of hydrogen-bond donors (Lipinski definition) is 5. The van der Waals surface area contributed by atoms with Gasteiger partial charge >= 0.3 is 0 Å². The fraction of sp³-hybridized carbons (Fsp3) is 0.457. The molecule has 0 radical (unpaired) electrons. The van der Waals surface area contributed by atoms with Crippen molar-refractivity contribution in [1.82, 2.24) is 74.3 Å². The van der Waals surface area contributed by atoms with E-state index in [0.29, 0.717) is 61.8 Å². The summed E-state index contributed by atoms with van der Waals surface area (Å²) in [5.74, 6) is 2.50. The molecule has 5 saturated heterocycles. The Morgan fingerprint density at radius 3 is 0.990 bits per heavy atom. The summed E-state index contributed by atoms with van der Waals surface area (Å²) in [7, 11) is -2.96. The van der Waals surface area contributed by atoms with E-state index in [2.05, 4.69) is 101 Å². The number of methoxy groups -OCH3 is 2. The number of anilines is 5. The molecule has 10 heterocycles. The van der Waals surface area contributed by atoms with Crippen molar-refractivity contribution < 1.29 is 40.7 Å². The van der Waals surface area contributed by atoms with E-state index in [-0.39, 0.29) is 17.7 Å². The van der Waals surface area contributed by atoms with Gasteiger partial charge in [-0.15, -0.1) is 0 Å². The number of fused-ring (bicyclic) bond motifs is 5. The van der Waals surface area contributed by atoms with Gasteiger partial charge in [-0.3, -0.25) is 39.9 Å². The highest BCUT2D eigenvalue weighted by Gasteiger charge is 2.28. The molecule has 5 aromatic carbocycles. The maximum Gasteiger partial charge on any atom is 0.219 e. The number of aromatic nitrogens is 10. The largest absolute Gasteiger partial charge is 0.497 e. The molecule has 5 N–H and O–H groups in total. The first kappa shape index (κ1) is 75.0. The Bertz CT molecular complexity index is 4830. The number of piperazine rings is 3. The molecule has 552 valence electrons. The molecule has 0 saturated carbocycles.